The Morgan fingerprint density at radius 1 is 1.07 bits per heavy atom. The van der Waals surface area contributed by atoms with Crippen LogP contribution in [0, 0.1) is 0 Å². The average molecular weight is 410 g/mol. The summed E-state index contributed by atoms with van der Waals surface area (Å²) in [4.78, 5) is 12.6. The molecule has 1 aromatic heterocycles. The number of allylic oxidation sites excluding steroid dienone is 1. The lowest BCUT2D eigenvalue weighted by atomic mass is 10.2. The quantitative estimate of drug-likeness (QED) is 0.496. The summed E-state index contributed by atoms with van der Waals surface area (Å²) in [6.45, 7) is 2.14. The van der Waals surface area contributed by atoms with Gasteiger partial charge < -0.3 is 10.1 Å². The van der Waals surface area contributed by atoms with Gasteiger partial charge in [0.25, 0.3) is 5.56 Å². The maximum Gasteiger partial charge on any atom is 0.291 e. The zero-order valence-corrected chi connectivity index (χ0v) is 16.9. The van der Waals surface area contributed by atoms with Gasteiger partial charge in [0, 0.05) is 13.2 Å². The lowest BCUT2D eigenvalue weighted by Crippen LogP contribution is -2.26. The van der Waals surface area contributed by atoms with Crippen LogP contribution >= 0.6 is 11.6 Å². The van der Waals surface area contributed by atoms with Crippen molar-refractivity contribution in [1.82, 2.24) is 9.78 Å². The van der Waals surface area contributed by atoms with Crippen molar-refractivity contribution in [3.63, 3.8) is 0 Å². The molecule has 3 rings (SSSR count). The second kappa shape index (κ2) is 11.2. The lowest BCUT2D eigenvalue weighted by Gasteiger charge is -2.10. The van der Waals surface area contributed by atoms with E-state index in [0.29, 0.717) is 37.0 Å². The number of ether oxygens (including phenoxy) is 1. The van der Waals surface area contributed by atoms with Gasteiger partial charge in [0.1, 0.15) is 5.69 Å². The molecular formula is C23H24ClN3O2. The molecule has 6 heteroatoms. The summed E-state index contributed by atoms with van der Waals surface area (Å²) in [7, 11) is 0. The largest absolute Gasteiger partial charge is 0.379 e. The predicted octanol–water partition coefficient (Wildman–Crippen LogP) is 4.63. The van der Waals surface area contributed by atoms with E-state index in [4.69, 9.17) is 16.3 Å². The van der Waals surface area contributed by atoms with Crippen molar-refractivity contribution < 1.29 is 4.74 Å². The number of nitrogens with one attached hydrogen (secondary N) is 1. The molecule has 5 nitrogen and oxygen atoms in total. The van der Waals surface area contributed by atoms with Crippen LogP contribution in [0.2, 0.25) is 5.02 Å². The van der Waals surface area contributed by atoms with Crippen LogP contribution in [0.1, 0.15) is 17.5 Å². The number of nitrogens with zero attached hydrogens (tertiary/aromatic N) is 2. The van der Waals surface area contributed by atoms with Crippen molar-refractivity contribution in [2.45, 2.75) is 19.6 Å². The Hall–Kier alpha value is -2.89. The van der Waals surface area contributed by atoms with Crippen LogP contribution in [0.5, 0.6) is 0 Å². The van der Waals surface area contributed by atoms with Gasteiger partial charge in [-0.05, 0) is 17.5 Å². The first-order chi connectivity index (χ1) is 14.2. The van der Waals surface area contributed by atoms with Crippen molar-refractivity contribution in [2.24, 2.45) is 0 Å². The van der Waals surface area contributed by atoms with Crippen LogP contribution in [0.25, 0.3) is 6.08 Å². The molecule has 0 aliphatic carbocycles. The highest BCUT2D eigenvalue weighted by atomic mass is 35.5. The standard InChI is InChI=1S/C23H24ClN3O2/c24-21-17-26-27(15-7-13-19-9-3-1-4-10-19)23(28)22(21)25-14-8-16-29-18-20-11-5-2-6-12-20/h1-7,9-13,17,25H,8,14-16,18H2. The second-order valence-electron chi connectivity index (χ2n) is 6.49. The number of hydrogen-bond donors (Lipinski definition) is 1. The topological polar surface area (TPSA) is 56.1 Å². The first kappa shape index (κ1) is 20.8. The molecule has 1 N–H and O–H groups in total. The summed E-state index contributed by atoms with van der Waals surface area (Å²) in [5.74, 6) is 0. The molecule has 0 amide bonds. The van der Waals surface area contributed by atoms with E-state index in [1.54, 1.807) is 0 Å². The van der Waals surface area contributed by atoms with Crippen molar-refractivity contribution in [3.05, 3.63) is 99.4 Å². The minimum Gasteiger partial charge on any atom is -0.379 e. The van der Waals surface area contributed by atoms with Crippen LogP contribution < -0.4 is 10.9 Å². The summed E-state index contributed by atoms with van der Waals surface area (Å²) in [6, 6.07) is 19.9. The fourth-order valence-electron chi connectivity index (χ4n) is 2.76. The average Bonchev–Trinajstić information content (AvgIpc) is 2.75. The van der Waals surface area contributed by atoms with E-state index in [-0.39, 0.29) is 5.56 Å². The number of benzene rings is 2. The van der Waals surface area contributed by atoms with Crippen LogP contribution in [-0.4, -0.2) is 22.9 Å². The van der Waals surface area contributed by atoms with Crippen LogP contribution in [0.3, 0.4) is 0 Å². The summed E-state index contributed by atoms with van der Waals surface area (Å²) in [5, 5.41) is 7.56. The SMILES string of the molecule is O=c1c(NCCCOCc2ccccc2)c(Cl)cnn1CC=Cc1ccccc1. The molecule has 0 saturated carbocycles. The molecule has 0 saturated heterocycles. The summed E-state index contributed by atoms with van der Waals surface area (Å²) >= 11 is 6.16. The molecule has 0 unspecified atom stereocenters. The lowest BCUT2D eigenvalue weighted by molar-refractivity contribution is 0.120. The first-order valence-electron chi connectivity index (χ1n) is 9.57. The molecule has 0 aliphatic heterocycles. The Labute approximate surface area is 175 Å². The minimum absolute atomic E-state index is 0.236. The fraction of sp³-hybridized carbons (Fsp3) is 0.217. The van der Waals surface area contributed by atoms with E-state index < -0.39 is 0 Å². The Bertz CT molecular complexity index is 972. The molecule has 1 heterocycles. The first-order valence-corrected chi connectivity index (χ1v) is 9.94. The van der Waals surface area contributed by atoms with Crippen LogP contribution in [-0.2, 0) is 17.9 Å². The minimum atomic E-state index is -0.236. The highest BCUT2D eigenvalue weighted by Gasteiger charge is 2.08. The Balaban J connectivity index is 1.48. The number of hydrogen-bond acceptors (Lipinski definition) is 4. The number of rotatable bonds is 10. The third-order valence-electron chi connectivity index (χ3n) is 4.26. The molecule has 150 valence electrons. The van der Waals surface area contributed by atoms with Gasteiger partial charge in [0.15, 0.2) is 0 Å². The molecule has 0 fully saturated rings. The number of anilines is 1. The Morgan fingerprint density at radius 2 is 1.79 bits per heavy atom. The van der Waals surface area contributed by atoms with E-state index in [1.807, 2.05) is 72.8 Å². The van der Waals surface area contributed by atoms with Gasteiger partial charge in [-0.15, -0.1) is 0 Å². The zero-order chi connectivity index (χ0) is 20.3. The third-order valence-corrected chi connectivity index (χ3v) is 4.55. The zero-order valence-electron chi connectivity index (χ0n) is 16.1. The van der Waals surface area contributed by atoms with Crippen molar-refractivity contribution >= 4 is 23.4 Å². The van der Waals surface area contributed by atoms with Crippen LogP contribution in [0.4, 0.5) is 5.69 Å². The molecule has 0 spiro atoms. The Morgan fingerprint density at radius 3 is 2.55 bits per heavy atom. The van der Waals surface area contributed by atoms with E-state index >= 15 is 0 Å². The fourth-order valence-corrected chi connectivity index (χ4v) is 2.95. The van der Waals surface area contributed by atoms with E-state index in [0.717, 1.165) is 17.5 Å². The van der Waals surface area contributed by atoms with E-state index in [9.17, 15) is 4.79 Å². The molecule has 2 aromatic carbocycles. The number of aromatic nitrogens is 2. The van der Waals surface area contributed by atoms with Crippen molar-refractivity contribution in [2.75, 3.05) is 18.5 Å². The predicted molar refractivity (Wildman–Crippen MR) is 118 cm³/mol. The second-order valence-corrected chi connectivity index (χ2v) is 6.89. The molecule has 0 bridgehead atoms. The summed E-state index contributed by atoms with van der Waals surface area (Å²) in [6.07, 6.45) is 6.12. The van der Waals surface area contributed by atoms with E-state index in [1.165, 1.54) is 10.9 Å². The van der Waals surface area contributed by atoms with Crippen molar-refractivity contribution in [3.8, 4) is 0 Å². The highest BCUT2D eigenvalue weighted by molar-refractivity contribution is 6.32. The van der Waals surface area contributed by atoms with E-state index in [2.05, 4.69) is 10.4 Å². The molecule has 0 aliphatic rings. The van der Waals surface area contributed by atoms with Crippen molar-refractivity contribution in [1.29, 1.82) is 0 Å². The molecule has 3 aromatic rings. The van der Waals surface area contributed by atoms with Gasteiger partial charge in [0.2, 0.25) is 0 Å². The molecule has 0 radical (unpaired) electrons. The molecule has 29 heavy (non-hydrogen) atoms. The van der Waals surface area contributed by atoms with Gasteiger partial charge in [-0.25, -0.2) is 4.68 Å². The summed E-state index contributed by atoms with van der Waals surface area (Å²) < 4.78 is 7.05. The van der Waals surface area contributed by atoms with Gasteiger partial charge >= 0.3 is 0 Å². The molecule has 0 atom stereocenters. The normalized spacial score (nSPS) is 11.1. The monoisotopic (exact) mass is 409 g/mol. The van der Waals surface area contributed by atoms with Gasteiger partial charge in [0.05, 0.1) is 24.4 Å². The third kappa shape index (κ3) is 6.59. The number of halogens is 1. The highest BCUT2D eigenvalue weighted by Crippen LogP contribution is 2.15. The van der Waals surface area contributed by atoms with Gasteiger partial charge in [-0.3, -0.25) is 4.79 Å². The van der Waals surface area contributed by atoms with Gasteiger partial charge in [-0.1, -0.05) is 84.4 Å². The maximum absolute atomic E-state index is 12.6. The van der Waals surface area contributed by atoms with Crippen LogP contribution in [0.15, 0.2) is 77.7 Å². The smallest absolute Gasteiger partial charge is 0.291 e. The Kier molecular flexibility index (Phi) is 8.04. The maximum atomic E-state index is 12.6. The summed E-state index contributed by atoms with van der Waals surface area (Å²) in [5.41, 5.74) is 2.35. The molecular weight excluding hydrogens is 386 g/mol. The van der Waals surface area contributed by atoms with Gasteiger partial charge in [-0.2, -0.15) is 5.10 Å².